The summed E-state index contributed by atoms with van der Waals surface area (Å²) >= 11 is 0. The van der Waals surface area contributed by atoms with Crippen molar-refractivity contribution in [2.45, 2.75) is 45.1 Å². The molecule has 0 bridgehead atoms. The third-order valence-corrected chi connectivity index (χ3v) is 6.27. The van der Waals surface area contributed by atoms with Crippen LogP contribution in [0.15, 0.2) is 54.6 Å². The highest BCUT2D eigenvalue weighted by atomic mass is 19.1. The number of halogens is 1. The predicted molar refractivity (Wildman–Crippen MR) is 132 cm³/mol. The number of nitrogens with one attached hydrogen (secondary N) is 1. The molecule has 0 atom stereocenters. The van der Waals surface area contributed by atoms with Crippen LogP contribution in [0.4, 0.5) is 10.2 Å². The number of methoxy groups -OCH3 is 1. The lowest BCUT2D eigenvalue weighted by molar-refractivity contribution is 0.0528. The second kappa shape index (κ2) is 11.1. The molecule has 7 heteroatoms. The Bertz CT molecular complexity index is 1190. The average Bonchev–Trinajstić information content (AvgIpc) is 3.42. The summed E-state index contributed by atoms with van der Waals surface area (Å²) in [5, 5.41) is 3.30. The van der Waals surface area contributed by atoms with E-state index < -0.39 is 17.8 Å². The van der Waals surface area contributed by atoms with E-state index in [0.29, 0.717) is 29.2 Å². The van der Waals surface area contributed by atoms with E-state index >= 15 is 0 Å². The zero-order valence-electron chi connectivity index (χ0n) is 20.0. The van der Waals surface area contributed by atoms with Crippen molar-refractivity contribution in [1.82, 2.24) is 4.98 Å². The Kier molecular flexibility index (Phi) is 7.75. The summed E-state index contributed by atoms with van der Waals surface area (Å²) in [7, 11) is 1.31. The lowest BCUT2D eigenvalue weighted by Gasteiger charge is -2.23. The van der Waals surface area contributed by atoms with Crippen LogP contribution >= 0.6 is 0 Å². The summed E-state index contributed by atoms with van der Waals surface area (Å²) in [5.41, 5.74) is 2.84. The number of nitrogens with zero attached hydrogens (tertiary/aromatic N) is 1. The third-order valence-electron chi connectivity index (χ3n) is 6.27. The first-order chi connectivity index (χ1) is 17.0. The number of hydrogen-bond acceptors (Lipinski definition) is 6. The molecule has 4 rings (SSSR count). The van der Waals surface area contributed by atoms with Gasteiger partial charge in [0.1, 0.15) is 17.2 Å². The van der Waals surface area contributed by atoms with E-state index in [9.17, 15) is 14.0 Å². The Labute approximate surface area is 204 Å². The van der Waals surface area contributed by atoms with E-state index in [0.717, 1.165) is 31.2 Å². The number of hydrogen-bond donors (Lipinski definition) is 1. The van der Waals surface area contributed by atoms with Crippen molar-refractivity contribution < 1.29 is 23.5 Å². The average molecular weight is 477 g/mol. The number of pyridine rings is 1. The minimum absolute atomic E-state index is 0.0526. The standard InChI is InChI=1S/C28H29FN2O4/c1-3-35-28(33)24-22(19-13-15-21(29)16-14-19)23(27(32)34-2)25(20-11-7-8-12-20)31-26(24)30-17-18-9-5-4-6-10-18/h4-6,9-10,13-16,20H,3,7-8,11-12,17H2,1-2H3,(H,30,31). The molecule has 1 aromatic heterocycles. The maximum absolute atomic E-state index is 13.8. The lowest BCUT2D eigenvalue weighted by atomic mass is 9.88. The summed E-state index contributed by atoms with van der Waals surface area (Å²) in [4.78, 5) is 31.3. The number of rotatable bonds is 8. The van der Waals surface area contributed by atoms with Crippen LogP contribution in [0.3, 0.4) is 0 Å². The molecule has 1 aliphatic carbocycles. The van der Waals surface area contributed by atoms with E-state index in [1.54, 1.807) is 19.1 Å². The van der Waals surface area contributed by atoms with Gasteiger partial charge in [0.2, 0.25) is 0 Å². The Hall–Kier alpha value is -3.74. The fourth-order valence-electron chi connectivity index (χ4n) is 4.62. The Morgan fingerprint density at radius 1 is 1.00 bits per heavy atom. The number of anilines is 1. The molecule has 0 aliphatic heterocycles. The number of aromatic nitrogens is 1. The van der Waals surface area contributed by atoms with Gasteiger partial charge in [-0.1, -0.05) is 55.3 Å². The van der Waals surface area contributed by atoms with Gasteiger partial charge in [0, 0.05) is 18.0 Å². The van der Waals surface area contributed by atoms with Gasteiger partial charge in [-0.05, 0) is 43.0 Å². The van der Waals surface area contributed by atoms with E-state index in [-0.39, 0.29) is 23.7 Å². The van der Waals surface area contributed by atoms with Crippen molar-refractivity contribution in [3.8, 4) is 11.1 Å². The molecule has 0 saturated heterocycles. The fraction of sp³-hybridized carbons (Fsp3) is 0.321. The summed E-state index contributed by atoms with van der Waals surface area (Å²) in [6.07, 6.45) is 3.84. The number of carbonyl (C=O) groups excluding carboxylic acids is 2. The molecule has 0 radical (unpaired) electrons. The lowest BCUT2D eigenvalue weighted by Crippen LogP contribution is -2.20. The number of esters is 2. The zero-order valence-corrected chi connectivity index (χ0v) is 20.0. The normalized spacial score (nSPS) is 13.5. The molecule has 0 unspecified atom stereocenters. The summed E-state index contributed by atoms with van der Waals surface area (Å²) in [6.45, 7) is 2.29. The molecule has 2 aromatic carbocycles. The first-order valence-corrected chi connectivity index (χ1v) is 11.9. The molecular weight excluding hydrogens is 447 g/mol. The smallest absolute Gasteiger partial charge is 0.342 e. The SMILES string of the molecule is CCOC(=O)c1c(NCc2ccccc2)nc(C2CCCC2)c(C(=O)OC)c1-c1ccc(F)cc1. The van der Waals surface area contributed by atoms with Crippen LogP contribution in [0, 0.1) is 5.82 Å². The van der Waals surface area contributed by atoms with E-state index in [1.807, 2.05) is 30.3 Å². The van der Waals surface area contributed by atoms with Crippen molar-refractivity contribution in [1.29, 1.82) is 0 Å². The molecule has 1 fully saturated rings. The summed E-state index contributed by atoms with van der Waals surface area (Å²) < 4.78 is 24.4. The highest BCUT2D eigenvalue weighted by Gasteiger charge is 2.34. The van der Waals surface area contributed by atoms with Crippen LogP contribution in [-0.4, -0.2) is 30.6 Å². The molecular formula is C28H29FN2O4. The Morgan fingerprint density at radius 3 is 2.31 bits per heavy atom. The molecule has 35 heavy (non-hydrogen) atoms. The second-order valence-corrected chi connectivity index (χ2v) is 8.51. The van der Waals surface area contributed by atoms with Crippen LogP contribution in [0.25, 0.3) is 11.1 Å². The molecule has 182 valence electrons. The number of carbonyl (C=O) groups is 2. The minimum Gasteiger partial charge on any atom is -0.465 e. The zero-order chi connectivity index (χ0) is 24.8. The van der Waals surface area contributed by atoms with Gasteiger partial charge in [-0.3, -0.25) is 0 Å². The highest BCUT2D eigenvalue weighted by Crippen LogP contribution is 2.42. The topological polar surface area (TPSA) is 77.5 Å². The van der Waals surface area contributed by atoms with Crippen molar-refractivity contribution in [3.05, 3.63) is 82.8 Å². The predicted octanol–water partition coefficient (Wildman–Crippen LogP) is 6.12. The molecule has 0 amide bonds. The number of ether oxygens (including phenoxy) is 2. The first-order valence-electron chi connectivity index (χ1n) is 11.9. The second-order valence-electron chi connectivity index (χ2n) is 8.51. The van der Waals surface area contributed by atoms with Crippen LogP contribution in [0.1, 0.15) is 70.5 Å². The van der Waals surface area contributed by atoms with Gasteiger partial charge >= 0.3 is 11.9 Å². The van der Waals surface area contributed by atoms with E-state index in [2.05, 4.69) is 5.32 Å². The molecule has 3 aromatic rings. The molecule has 6 nitrogen and oxygen atoms in total. The highest BCUT2D eigenvalue weighted by molar-refractivity contribution is 6.09. The van der Waals surface area contributed by atoms with Crippen molar-refractivity contribution in [3.63, 3.8) is 0 Å². The van der Waals surface area contributed by atoms with Gasteiger partial charge in [0.15, 0.2) is 0 Å². The van der Waals surface area contributed by atoms with Crippen LogP contribution in [-0.2, 0) is 16.0 Å². The third kappa shape index (κ3) is 5.34. The van der Waals surface area contributed by atoms with Crippen LogP contribution < -0.4 is 5.32 Å². The van der Waals surface area contributed by atoms with Gasteiger partial charge in [-0.15, -0.1) is 0 Å². The Balaban J connectivity index is 1.98. The van der Waals surface area contributed by atoms with Gasteiger partial charge < -0.3 is 14.8 Å². The quantitative estimate of drug-likeness (QED) is 0.395. The number of benzene rings is 2. The molecule has 1 heterocycles. The monoisotopic (exact) mass is 476 g/mol. The summed E-state index contributed by atoms with van der Waals surface area (Å²) in [6, 6.07) is 15.5. The van der Waals surface area contributed by atoms with E-state index in [4.69, 9.17) is 14.5 Å². The van der Waals surface area contributed by atoms with Gasteiger partial charge in [-0.2, -0.15) is 0 Å². The molecule has 1 aliphatic rings. The van der Waals surface area contributed by atoms with Gasteiger partial charge in [-0.25, -0.2) is 19.0 Å². The van der Waals surface area contributed by atoms with E-state index in [1.165, 1.54) is 19.2 Å². The molecule has 1 N–H and O–H groups in total. The van der Waals surface area contributed by atoms with Crippen molar-refractivity contribution >= 4 is 17.8 Å². The minimum atomic E-state index is -0.613. The van der Waals surface area contributed by atoms with Crippen LogP contribution in [0.2, 0.25) is 0 Å². The molecule has 0 spiro atoms. The van der Waals surface area contributed by atoms with Crippen LogP contribution in [0.5, 0.6) is 0 Å². The Morgan fingerprint density at radius 2 is 1.69 bits per heavy atom. The van der Waals surface area contributed by atoms with Gasteiger partial charge in [0.25, 0.3) is 0 Å². The van der Waals surface area contributed by atoms with Crippen molar-refractivity contribution in [2.75, 3.05) is 19.0 Å². The first kappa shape index (κ1) is 24.4. The molecule has 1 saturated carbocycles. The maximum atomic E-state index is 13.8. The fourth-order valence-corrected chi connectivity index (χ4v) is 4.62. The van der Waals surface area contributed by atoms with Crippen molar-refractivity contribution in [2.24, 2.45) is 0 Å². The maximum Gasteiger partial charge on any atom is 0.342 e. The largest absolute Gasteiger partial charge is 0.465 e. The van der Waals surface area contributed by atoms with Gasteiger partial charge in [0.05, 0.1) is 25.0 Å². The summed E-state index contributed by atoms with van der Waals surface area (Å²) in [5.74, 6) is -1.23.